The Morgan fingerprint density at radius 1 is 1.42 bits per heavy atom. The molecule has 0 rings (SSSR count). The monoisotopic (exact) mass is 190 g/mol. The van der Waals surface area contributed by atoms with Crippen LogP contribution in [0.1, 0.15) is 20.8 Å². The summed E-state index contributed by atoms with van der Waals surface area (Å²) in [6, 6.07) is 0. The van der Waals surface area contributed by atoms with Crippen molar-refractivity contribution in [3.8, 4) is 0 Å². The molecule has 12 heavy (non-hydrogen) atoms. The van der Waals surface area contributed by atoms with Gasteiger partial charge in [-0.15, -0.1) is 0 Å². The van der Waals surface area contributed by atoms with Crippen LogP contribution in [0.25, 0.3) is 0 Å². The molecule has 0 heterocycles. The molecular weight excluding hydrogens is 172 g/mol. The van der Waals surface area contributed by atoms with Crippen molar-refractivity contribution in [2.45, 2.75) is 20.8 Å². The largest absolute Gasteiger partial charge is 0.409 e. The molecule has 4 heteroatoms. The highest BCUT2D eigenvalue weighted by molar-refractivity contribution is 7.99. The number of thioether (sulfide) groups is 1. The summed E-state index contributed by atoms with van der Waals surface area (Å²) in [5, 5.41) is 11.3. The Kier molecular flexibility index (Phi) is 5.98. The first-order chi connectivity index (χ1) is 5.57. The molecule has 0 aromatic rings. The minimum Gasteiger partial charge on any atom is -0.409 e. The molecule has 3 nitrogen and oxygen atoms in total. The molecule has 3 N–H and O–H groups in total. The van der Waals surface area contributed by atoms with Crippen molar-refractivity contribution < 1.29 is 5.21 Å². The average Bonchev–Trinajstić information content (AvgIpc) is 2.02. The van der Waals surface area contributed by atoms with Crippen molar-refractivity contribution >= 4 is 17.6 Å². The molecule has 0 fully saturated rings. The third-order valence-corrected chi connectivity index (χ3v) is 3.08. The molecule has 72 valence electrons. The predicted molar refractivity (Wildman–Crippen MR) is 54.7 cm³/mol. The lowest BCUT2D eigenvalue weighted by Crippen LogP contribution is -2.23. The Morgan fingerprint density at radius 3 is 2.42 bits per heavy atom. The normalized spacial score (nSPS) is 15.2. The van der Waals surface area contributed by atoms with E-state index in [1.807, 2.05) is 18.7 Å². The zero-order chi connectivity index (χ0) is 9.56. The van der Waals surface area contributed by atoms with Crippen molar-refractivity contribution in [3.63, 3.8) is 0 Å². The van der Waals surface area contributed by atoms with Gasteiger partial charge < -0.3 is 10.9 Å². The average molecular weight is 190 g/mol. The molecule has 0 aromatic carbocycles. The third kappa shape index (κ3) is 5.29. The van der Waals surface area contributed by atoms with E-state index in [0.717, 1.165) is 11.5 Å². The molecule has 0 aliphatic heterocycles. The Hall–Kier alpha value is -0.380. The lowest BCUT2D eigenvalue weighted by molar-refractivity contribution is 0.315. The maximum atomic E-state index is 8.37. The highest BCUT2D eigenvalue weighted by Gasteiger charge is 2.07. The number of nitrogens with zero attached hydrogens (tertiary/aromatic N) is 1. The van der Waals surface area contributed by atoms with E-state index in [4.69, 9.17) is 10.9 Å². The molecule has 0 spiro atoms. The summed E-state index contributed by atoms with van der Waals surface area (Å²) in [4.78, 5) is 0. The molecule has 0 aliphatic rings. The Balaban J connectivity index is 3.51. The summed E-state index contributed by atoms with van der Waals surface area (Å²) in [6.07, 6.45) is 0. The summed E-state index contributed by atoms with van der Waals surface area (Å²) < 4.78 is 0. The van der Waals surface area contributed by atoms with E-state index in [1.54, 1.807) is 0 Å². The van der Waals surface area contributed by atoms with Crippen molar-refractivity contribution in [3.05, 3.63) is 0 Å². The Labute approximate surface area is 78.4 Å². The SMILES string of the molecule is CC(C)CSCC(C)/C(N)=N/O. The number of amidine groups is 1. The van der Waals surface area contributed by atoms with Gasteiger partial charge in [0.15, 0.2) is 0 Å². The lowest BCUT2D eigenvalue weighted by Gasteiger charge is -2.09. The van der Waals surface area contributed by atoms with E-state index < -0.39 is 0 Å². The molecule has 0 radical (unpaired) electrons. The van der Waals surface area contributed by atoms with Gasteiger partial charge in [-0.05, 0) is 11.7 Å². The van der Waals surface area contributed by atoms with E-state index in [-0.39, 0.29) is 5.92 Å². The number of nitrogens with two attached hydrogens (primary N) is 1. The third-order valence-electron chi connectivity index (χ3n) is 1.44. The fraction of sp³-hybridized carbons (Fsp3) is 0.875. The smallest absolute Gasteiger partial charge is 0.142 e. The minimum atomic E-state index is 0.166. The van der Waals surface area contributed by atoms with E-state index in [0.29, 0.717) is 11.8 Å². The van der Waals surface area contributed by atoms with Crippen molar-refractivity contribution in [2.75, 3.05) is 11.5 Å². The fourth-order valence-electron chi connectivity index (χ4n) is 0.664. The van der Waals surface area contributed by atoms with Crippen LogP contribution >= 0.6 is 11.8 Å². The zero-order valence-electron chi connectivity index (χ0n) is 7.95. The first-order valence-electron chi connectivity index (χ1n) is 4.13. The van der Waals surface area contributed by atoms with Crippen LogP contribution in [0, 0.1) is 11.8 Å². The number of rotatable bonds is 5. The maximum absolute atomic E-state index is 8.37. The number of oxime groups is 1. The zero-order valence-corrected chi connectivity index (χ0v) is 8.77. The summed E-state index contributed by atoms with van der Waals surface area (Å²) in [6.45, 7) is 6.32. The van der Waals surface area contributed by atoms with Crippen LogP contribution in [-0.4, -0.2) is 22.5 Å². The highest BCUT2D eigenvalue weighted by Crippen LogP contribution is 2.12. The lowest BCUT2D eigenvalue weighted by atomic mass is 10.2. The van der Waals surface area contributed by atoms with E-state index in [2.05, 4.69) is 19.0 Å². The van der Waals surface area contributed by atoms with Gasteiger partial charge in [0.2, 0.25) is 0 Å². The van der Waals surface area contributed by atoms with Crippen LogP contribution in [0.5, 0.6) is 0 Å². The van der Waals surface area contributed by atoms with Crippen LogP contribution < -0.4 is 5.73 Å². The van der Waals surface area contributed by atoms with E-state index in [9.17, 15) is 0 Å². The summed E-state index contributed by atoms with van der Waals surface area (Å²) in [7, 11) is 0. The molecule has 0 amide bonds. The highest BCUT2D eigenvalue weighted by atomic mass is 32.2. The first-order valence-corrected chi connectivity index (χ1v) is 5.28. The Bertz CT molecular complexity index is 148. The van der Waals surface area contributed by atoms with Gasteiger partial charge in [0.1, 0.15) is 5.84 Å². The molecule has 1 atom stereocenters. The van der Waals surface area contributed by atoms with Gasteiger partial charge in [0, 0.05) is 11.7 Å². The second-order valence-corrected chi connectivity index (χ2v) is 4.43. The summed E-state index contributed by atoms with van der Waals surface area (Å²) in [5.41, 5.74) is 5.42. The summed E-state index contributed by atoms with van der Waals surface area (Å²) in [5.74, 6) is 3.25. The van der Waals surface area contributed by atoms with Crippen molar-refractivity contribution in [1.82, 2.24) is 0 Å². The molecule has 0 bridgehead atoms. The van der Waals surface area contributed by atoms with Crippen molar-refractivity contribution in [1.29, 1.82) is 0 Å². The number of hydrogen-bond donors (Lipinski definition) is 2. The quantitative estimate of drug-likeness (QED) is 0.300. The predicted octanol–water partition coefficient (Wildman–Crippen LogP) is 1.76. The maximum Gasteiger partial charge on any atom is 0.142 e. The molecule has 0 aromatic heterocycles. The number of hydrogen-bond acceptors (Lipinski definition) is 3. The van der Waals surface area contributed by atoms with Crippen LogP contribution in [0.2, 0.25) is 0 Å². The molecular formula is C8H18N2OS. The molecule has 0 saturated carbocycles. The second-order valence-electron chi connectivity index (χ2n) is 3.36. The standard InChI is InChI=1S/C8H18N2OS/c1-6(2)4-12-5-7(3)8(9)10-11/h6-7,11H,4-5H2,1-3H3,(H2,9,10). The minimum absolute atomic E-state index is 0.166. The van der Waals surface area contributed by atoms with Gasteiger partial charge in [0.25, 0.3) is 0 Å². The van der Waals surface area contributed by atoms with Gasteiger partial charge in [-0.25, -0.2) is 0 Å². The Morgan fingerprint density at radius 2 is 2.00 bits per heavy atom. The van der Waals surface area contributed by atoms with Crippen LogP contribution in [-0.2, 0) is 0 Å². The van der Waals surface area contributed by atoms with Gasteiger partial charge in [-0.3, -0.25) is 0 Å². The summed E-state index contributed by atoms with van der Waals surface area (Å²) >= 11 is 1.84. The van der Waals surface area contributed by atoms with Crippen LogP contribution in [0.3, 0.4) is 0 Å². The first kappa shape index (κ1) is 11.6. The van der Waals surface area contributed by atoms with Crippen LogP contribution in [0.15, 0.2) is 5.16 Å². The van der Waals surface area contributed by atoms with E-state index in [1.165, 1.54) is 0 Å². The van der Waals surface area contributed by atoms with Crippen LogP contribution in [0.4, 0.5) is 0 Å². The molecule has 0 aliphatic carbocycles. The molecule has 1 unspecified atom stereocenters. The fourth-order valence-corrected chi connectivity index (χ4v) is 1.80. The van der Waals surface area contributed by atoms with Crippen molar-refractivity contribution in [2.24, 2.45) is 22.7 Å². The van der Waals surface area contributed by atoms with Gasteiger partial charge in [-0.1, -0.05) is 25.9 Å². The second kappa shape index (κ2) is 6.17. The van der Waals surface area contributed by atoms with Gasteiger partial charge in [-0.2, -0.15) is 11.8 Å². The topological polar surface area (TPSA) is 58.6 Å². The van der Waals surface area contributed by atoms with Gasteiger partial charge in [0.05, 0.1) is 0 Å². The van der Waals surface area contributed by atoms with E-state index >= 15 is 0 Å². The van der Waals surface area contributed by atoms with Gasteiger partial charge >= 0.3 is 0 Å². The molecule has 0 saturated heterocycles.